The normalized spacial score (nSPS) is 39.4. The molecule has 0 unspecified atom stereocenters. The second-order valence-corrected chi connectivity index (χ2v) is 7.90. The molecule has 2 saturated heterocycles. The van der Waals surface area contributed by atoms with Crippen LogP contribution in [-0.2, 0) is 25.6 Å². The maximum atomic E-state index is 10.8. The van der Waals surface area contributed by atoms with Crippen molar-refractivity contribution in [2.45, 2.75) is 74.9 Å². The van der Waals surface area contributed by atoms with Gasteiger partial charge in [0.1, 0.15) is 54.6 Å². The van der Waals surface area contributed by atoms with Crippen LogP contribution >= 0.6 is 0 Å². The second-order valence-electron chi connectivity index (χ2n) is 7.90. The average Bonchev–Trinajstić information content (AvgIpc) is 2.82. The van der Waals surface area contributed by atoms with Crippen molar-refractivity contribution in [2.75, 3.05) is 19.8 Å². The van der Waals surface area contributed by atoms with Gasteiger partial charge in [-0.15, -0.1) is 0 Å². The van der Waals surface area contributed by atoms with Gasteiger partial charge in [-0.3, -0.25) is 0 Å². The molecule has 12 heteroatoms. The molecule has 2 aliphatic heterocycles. The van der Waals surface area contributed by atoms with Crippen LogP contribution in [0, 0.1) is 0 Å². The summed E-state index contributed by atoms with van der Waals surface area (Å²) < 4.78 is 27.3. The number of rotatable bonds is 9. The molecule has 0 radical (unpaired) electrons. The van der Waals surface area contributed by atoms with Crippen LogP contribution in [0.25, 0.3) is 0 Å². The molecule has 0 saturated carbocycles. The van der Waals surface area contributed by atoms with E-state index in [1.54, 1.807) is 24.3 Å². The van der Waals surface area contributed by atoms with Crippen LogP contribution in [0.4, 0.5) is 0 Å². The van der Waals surface area contributed by atoms with Crippen molar-refractivity contribution >= 4 is 0 Å². The van der Waals surface area contributed by atoms with E-state index in [-0.39, 0.29) is 0 Å². The largest absolute Gasteiger partial charge is 0.462 e. The van der Waals surface area contributed by atoms with Crippen LogP contribution in [0.5, 0.6) is 5.75 Å². The number of aliphatic hydroxyl groups is 7. The summed E-state index contributed by atoms with van der Waals surface area (Å²) in [7, 11) is 0. The summed E-state index contributed by atoms with van der Waals surface area (Å²) in [6.07, 6.45) is -15.1. The first-order valence-corrected chi connectivity index (χ1v) is 10.7. The molecular formula is C21H32O12. The van der Waals surface area contributed by atoms with E-state index in [2.05, 4.69) is 0 Å². The molecule has 3 rings (SSSR count). The number of hydrogen-bond acceptors (Lipinski definition) is 12. The Bertz CT molecular complexity index is 716. The third-order valence-electron chi connectivity index (χ3n) is 5.61. The lowest BCUT2D eigenvalue weighted by atomic mass is 9.97. The van der Waals surface area contributed by atoms with E-state index in [0.29, 0.717) is 19.0 Å². The van der Waals surface area contributed by atoms with Crippen molar-refractivity contribution in [1.29, 1.82) is 0 Å². The first-order valence-electron chi connectivity index (χ1n) is 10.7. The van der Waals surface area contributed by atoms with Gasteiger partial charge < -0.3 is 59.4 Å². The van der Waals surface area contributed by atoms with Gasteiger partial charge in [-0.25, -0.2) is 0 Å². The van der Waals surface area contributed by atoms with Crippen molar-refractivity contribution in [1.82, 2.24) is 0 Å². The van der Waals surface area contributed by atoms with E-state index in [0.717, 1.165) is 5.56 Å². The Balaban J connectivity index is 1.72. The van der Waals surface area contributed by atoms with E-state index in [9.17, 15) is 35.7 Å². The SMILES string of the molecule is CCOCc1ccc(O[C@@H]2O[C@H](CO)[C@@H](O)[C@H](O[C@@H]3O[C@H](CO)[C@@H](O)[C@H](O)[C@H]3O)[C@H]2O)cc1. The number of hydrogen-bond donors (Lipinski definition) is 7. The molecule has 7 N–H and O–H groups in total. The smallest absolute Gasteiger partial charge is 0.229 e. The van der Waals surface area contributed by atoms with Crippen LogP contribution < -0.4 is 4.74 Å². The lowest BCUT2D eigenvalue weighted by Gasteiger charge is -2.45. The summed E-state index contributed by atoms with van der Waals surface area (Å²) in [6, 6.07) is 6.80. The zero-order valence-electron chi connectivity index (χ0n) is 18.1. The predicted octanol–water partition coefficient (Wildman–Crippen LogP) is -2.77. The Hall–Kier alpha value is -1.42. The molecule has 2 fully saturated rings. The Morgan fingerprint density at radius 3 is 1.97 bits per heavy atom. The van der Waals surface area contributed by atoms with Gasteiger partial charge in [-0.2, -0.15) is 0 Å². The van der Waals surface area contributed by atoms with Crippen LogP contribution in [0.3, 0.4) is 0 Å². The molecule has 2 heterocycles. The fraction of sp³-hybridized carbons (Fsp3) is 0.714. The molecule has 1 aromatic rings. The highest BCUT2D eigenvalue weighted by molar-refractivity contribution is 5.27. The van der Waals surface area contributed by atoms with Gasteiger partial charge in [0.2, 0.25) is 6.29 Å². The average molecular weight is 476 g/mol. The Labute approximate surface area is 190 Å². The van der Waals surface area contributed by atoms with Gasteiger partial charge in [-0.1, -0.05) is 12.1 Å². The van der Waals surface area contributed by atoms with Gasteiger partial charge in [0, 0.05) is 6.61 Å². The highest BCUT2D eigenvalue weighted by Crippen LogP contribution is 2.30. The first kappa shape index (κ1) is 26.2. The van der Waals surface area contributed by atoms with Gasteiger partial charge in [0.05, 0.1) is 19.8 Å². The van der Waals surface area contributed by atoms with Crippen molar-refractivity contribution in [2.24, 2.45) is 0 Å². The van der Waals surface area contributed by atoms with Crippen molar-refractivity contribution in [3.05, 3.63) is 29.8 Å². The fourth-order valence-electron chi connectivity index (χ4n) is 3.66. The number of benzene rings is 1. The molecule has 10 atom stereocenters. The van der Waals surface area contributed by atoms with Crippen LogP contribution in [0.15, 0.2) is 24.3 Å². The zero-order valence-corrected chi connectivity index (χ0v) is 18.1. The van der Waals surface area contributed by atoms with Gasteiger partial charge >= 0.3 is 0 Å². The minimum atomic E-state index is -1.74. The second kappa shape index (κ2) is 11.8. The summed E-state index contributed by atoms with van der Waals surface area (Å²) in [5, 5.41) is 70.3. The van der Waals surface area contributed by atoms with E-state index < -0.39 is 74.6 Å². The maximum Gasteiger partial charge on any atom is 0.229 e. The quantitative estimate of drug-likeness (QED) is 0.195. The van der Waals surface area contributed by atoms with E-state index in [1.165, 1.54) is 0 Å². The Morgan fingerprint density at radius 1 is 0.758 bits per heavy atom. The van der Waals surface area contributed by atoms with Crippen molar-refractivity contribution < 1.29 is 59.4 Å². The van der Waals surface area contributed by atoms with E-state index >= 15 is 0 Å². The van der Waals surface area contributed by atoms with Gasteiger partial charge in [-0.05, 0) is 24.6 Å². The molecular weight excluding hydrogens is 444 g/mol. The van der Waals surface area contributed by atoms with Crippen molar-refractivity contribution in [3.8, 4) is 5.75 Å². The van der Waals surface area contributed by atoms with Crippen LogP contribution in [0.1, 0.15) is 12.5 Å². The minimum Gasteiger partial charge on any atom is -0.462 e. The molecule has 33 heavy (non-hydrogen) atoms. The Kier molecular flexibility index (Phi) is 9.38. The third kappa shape index (κ3) is 5.99. The van der Waals surface area contributed by atoms with Gasteiger partial charge in [0.15, 0.2) is 6.29 Å². The molecule has 0 spiro atoms. The standard InChI is InChI=1S/C21H32O12/c1-2-29-9-10-3-5-11(6-4-10)30-21-18(28)19(15(25)13(8-23)32-21)33-20-17(27)16(26)14(24)12(7-22)31-20/h3-6,12-28H,2,7-9H2,1H3/t12-,13-,14-,15-,16+,17-,18-,19+,20+,21-/m1/s1. The van der Waals surface area contributed by atoms with Gasteiger partial charge in [0.25, 0.3) is 0 Å². The summed E-state index contributed by atoms with van der Waals surface area (Å²) in [6.45, 7) is 1.58. The Morgan fingerprint density at radius 2 is 1.36 bits per heavy atom. The van der Waals surface area contributed by atoms with E-state index in [1.807, 2.05) is 6.92 Å². The summed E-state index contributed by atoms with van der Waals surface area (Å²) in [4.78, 5) is 0. The monoisotopic (exact) mass is 476 g/mol. The lowest BCUT2D eigenvalue weighted by Crippen LogP contribution is -2.65. The molecule has 0 bridgehead atoms. The number of ether oxygens (including phenoxy) is 5. The molecule has 188 valence electrons. The minimum absolute atomic E-state index is 0.332. The molecule has 1 aromatic carbocycles. The van der Waals surface area contributed by atoms with Crippen molar-refractivity contribution in [3.63, 3.8) is 0 Å². The van der Waals surface area contributed by atoms with Crippen LogP contribution in [-0.4, -0.2) is 117 Å². The molecule has 0 aromatic heterocycles. The van der Waals surface area contributed by atoms with Crippen LogP contribution in [0.2, 0.25) is 0 Å². The highest BCUT2D eigenvalue weighted by Gasteiger charge is 2.51. The summed E-state index contributed by atoms with van der Waals surface area (Å²) >= 11 is 0. The summed E-state index contributed by atoms with van der Waals surface area (Å²) in [5.74, 6) is 0.332. The molecule has 2 aliphatic rings. The lowest BCUT2D eigenvalue weighted by molar-refractivity contribution is -0.352. The maximum absolute atomic E-state index is 10.8. The molecule has 12 nitrogen and oxygen atoms in total. The molecule has 0 aliphatic carbocycles. The predicted molar refractivity (Wildman–Crippen MR) is 109 cm³/mol. The van der Waals surface area contributed by atoms with E-state index in [4.69, 9.17) is 23.7 Å². The highest BCUT2D eigenvalue weighted by atomic mass is 16.7. The first-order chi connectivity index (χ1) is 15.8. The number of aliphatic hydroxyl groups excluding tert-OH is 7. The summed E-state index contributed by atoms with van der Waals surface area (Å²) in [5.41, 5.74) is 0.904. The fourth-order valence-corrected chi connectivity index (χ4v) is 3.66. The third-order valence-corrected chi connectivity index (χ3v) is 5.61. The topological polar surface area (TPSA) is 188 Å². The zero-order chi connectivity index (χ0) is 24.1. The molecule has 0 amide bonds.